The number of ether oxygens (including phenoxy) is 2. The summed E-state index contributed by atoms with van der Waals surface area (Å²) in [6.07, 6.45) is 10.3. The standard InChI is InChI=1S/C21H25N3O2/c22-15-17-6-7-19(26-18-4-2-1-3-5-18)14-20(17)24-11-8-21(9-12-24)16-23-10-13-25-21/h2,4-7,14,23H,1,3,8-13,16H2. The van der Waals surface area contributed by atoms with Crippen LogP contribution in [0.3, 0.4) is 0 Å². The van der Waals surface area contributed by atoms with Gasteiger partial charge in [-0.1, -0.05) is 6.08 Å². The van der Waals surface area contributed by atoms with Crippen molar-refractivity contribution in [2.45, 2.75) is 31.3 Å². The molecule has 1 spiro atoms. The molecule has 26 heavy (non-hydrogen) atoms. The zero-order valence-corrected chi connectivity index (χ0v) is 15.0. The molecule has 0 unspecified atom stereocenters. The Kier molecular flexibility index (Phi) is 4.96. The number of benzene rings is 1. The summed E-state index contributed by atoms with van der Waals surface area (Å²) in [7, 11) is 0. The van der Waals surface area contributed by atoms with E-state index in [1.54, 1.807) is 0 Å². The van der Waals surface area contributed by atoms with Gasteiger partial charge in [0.2, 0.25) is 0 Å². The second-order valence-corrected chi connectivity index (χ2v) is 7.17. The molecule has 4 rings (SSSR count). The SMILES string of the molecule is N#Cc1ccc(OC2=CCCC=C2)cc1N1CCC2(CC1)CNCCO2. The number of nitrogens with one attached hydrogen (secondary N) is 1. The van der Waals surface area contributed by atoms with Gasteiger partial charge in [-0.3, -0.25) is 0 Å². The average Bonchev–Trinajstić information content (AvgIpc) is 2.70. The van der Waals surface area contributed by atoms with Crippen molar-refractivity contribution in [3.8, 4) is 11.8 Å². The van der Waals surface area contributed by atoms with E-state index in [1.807, 2.05) is 24.3 Å². The monoisotopic (exact) mass is 351 g/mol. The van der Waals surface area contributed by atoms with Crippen LogP contribution in [-0.4, -0.2) is 38.4 Å². The first-order chi connectivity index (χ1) is 12.8. The van der Waals surface area contributed by atoms with Crippen LogP contribution in [-0.2, 0) is 4.74 Å². The van der Waals surface area contributed by atoms with Crippen molar-refractivity contribution in [1.29, 1.82) is 5.26 Å². The molecule has 2 saturated heterocycles. The second kappa shape index (κ2) is 7.53. The Morgan fingerprint density at radius 1 is 1.23 bits per heavy atom. The molecule has 1 aliphatic carbocycles. The molecule has 0 amide bonds. The highest BCUT2D eigenvalue weighted by atomic mass is 16.5. The molecule has 5 heteroatoms. The lowest BCUT2D eigenvalue weighted by Gasteiger charge is -2.44. The van der Waals surface area contributed by atoms with Crippen molar-refractivity contribution in [2.24, 2.45) is 0 Å². The number of rotatable bonds is 3. The van der Waals surface area contributed by atoms with Crippen molar-refractivity contribution in [3.63, 3.8) is 0 Å². The van der Waals surface area contributed by atoms with Crippen molar-refractivity contribution in [3.05, 3.63) is 47.7 Å². The van der Waals surface area contributed by atoms with Crippen molar-refractivity contribution in [1.82, 2.24) is 5.32 Å². The van der Waals surface area contributed by atoms with Crippen molar-refractivity contribution in [2.75, 3.05) is 37.7 Å². The maximum atomic E-state index is 9.53. The Morgan fingerprint density at radius 3 is 2.81 bits per heavy atom. The van der Waals surface area contributed by atoms with Crippen LogP contribution >= 0.6 is 0 Å². The number of hydrogen-bond acceptors (Lipinski definition) is 5. The van der Waals surface area contributed by atoms with Gasteiger partial charge in [-0.05, 0) is 50.0 Å². The number of anilines is 1. The third-order valence-electron chi connectivity index (χ3n) is 5.44. The normalized spacial score (nSPS) is 22.0. The molecule has 1 N–H and O–H groups in total. The fourth-order valence-electron chi connectivity index (χ4n) is 3.92. The van der Waals surface area contributed by atoms with Gasteiger partial charge < -0.3 is 19.7 Å². The van der Waals surface area contributed by atoms with Gasteiger partial charge in [-0.15, -0.1) is 0 Å². The van der Waals surface area contributed by atoms with Gasteiger partial charge in [0.1, 0.15) is 17.6 Å². The summed E-state index contributed by atoms with van der Waals surface area (Å²) in [5.74, 6) is 1.67. The van der Waals surface area contributed by atoms with E-state index in [4.69, 9.17) is 9.47 Å². The number of allylic oxidation sites excluding steroid dienone is 3. The lowest BCUT2D eigenvalue weighted by atomic mass is 9.89. The highest BCUT2D eigenvalue weighted by molar-refractivity contribution is 5.62. The number of hydrogen-bond donors (Lipinski definition) is 1. The van der Waals surface area contributed by atoms with E-state index in [0.717, 1.165) is 75.7 Å². The summed E-state index contributed by atoms with van der Waals surface area (Å²) >= 11 is 0. The summed E-state index contributed by atoms with van der Waals surface area (Å²) in [5.41, 5.74) is 1.63. The molecular weight excluding hydrogens is 326 g/mol. The zero-order chi connectivity index (χ0) is 17.8. The molecule has 2 fully saturated rings. The molecule has 0 atom stereocenters. The summed E-state index contributed by atoms with van der Waals surface area (Å²) in [4.78, 5) is 2.29. The summed E-state index contributed by atoms with van der Waals surface area (Å²) in [6, 6.07) is 8.07. The highest BCUT2D eigenvalue weighted by Gasteiger charge is 2.37. The minimum Gasteiger partial charge on any atom is -0.458 e. The Balaban J connectivity index is 1.50. The van der Waals surface area contributed by atoms with E-state index in [-0.39, 0.29) is 5.60 Å². The van der Waals surface area contributed by atoms with Crippen LogP contribution in [0.5, 0.6) is 5.75 Å². The lowest BCUT2D eigenvalue weighted by molar-refractivity contribution is -0.0799. The van der Waals surface area contributed by atoms with Gasteiger partial charge in [0.25, 0.3) is 0 Å². The predicted molar refractivity (Wildman–Crippen MR) is 101 cm³/mol. The van der Waals surface area contributed by atoms with Gasteiger partial charge in [0.15, 0.2) is 0 Å². The molecule has 3 aliphatic rings. The minimum atomic E-state index is -0.0344. The number of nitriles is 1. The molecular formula is C21H25N3O2. The molecule has 2 aliphatic heterocycles. The van der Waals surface area contributed by atoms with Crippen LogP contribution in [0.4, 0.5) is 5.69 Å². The summed E-state index contributed by atoms with van der Waals surface area (Å²) in [6.45, 7) is 4.43. The van der Waals surface area contributed by atoms with E-state index < -0.39 is 0 Å². The molecule has 2 heterocycles. The van der Waals surface area contributed by atoms with Crippen LogP contribution in [0.25, 0.3) is 0 Å². The summed E-state index contributed by atoms with van der Waals surface area (Å²) in [5, 5.41) is 13.0. The van der Waals surface area contributed by atoms with Gasteiger partial charge in [-0.25, -0.2) is 0 Å². The fraction of sp³-hybridized carbons (Fsp3) is 0.476. The van der Waals surface area contributed by atoms with Crippen LogP contribution < -0.4 is 15.0 Å². The van der Waals surface area contributed by atoms with Gasteiger partial charge >= 0.3 is 0 Å². The van der Waals surface area contributed by atoms with Crippen LogP contribution in [0.2, 0.25) is 0 Å². The fourth-order valence-corrected chi connectivity index (χ4v) is 3.92. The largest absolute Gasteiger partial charge is 0.458 e. The first-order valence-corrected chi connectivity index (χ1v) is 9.46. The number of piperidine rings is 1. The number of morpholine rings is 1. The number of nitrogens with zero attached hydrogens (tertiary/aromatic N) is 2. The maximum Gasteiger partial charge on any atom is 0.129 e. The van der Waals surface area contributed by atoms with E-state index in [0.29, 0.717) is 5.56 Å². The van der Waals surface area contributed by atoms with Crippen LogP contribution in [0.15, 0.2) is 42.2 Å². The van der Waals surface area contributed by atoms with Gasteiger partial charge in [-0.2, -0.15) is 5.26 Å². The third kappa shape index (κ3) is 3.62. The molecule has 0 bridgehead atoms. The zero-order valence-electron chi connectivity index (χ0n) is 15.0. The molecule has 0 saturated carbocycles. The first kappa shape index (κ1) is 17.1. The molecule has 136 valence electrons. The Bertz CT molecular complexity index is 747. The molecule has 1 aromatic carbocycles. The Labute approximate surface area is 154 Å². The third-order valence-corrected chi connectivity index (χ3v) is 5.44. The molecule has 1 aromatic rings. The van der Waals surface area contributed by atoms with E-state index in [1.165, 1.54) is 0 Å². The second-order valence-electron chi connectivity index (χ2n) is 7.17. The topological polar surface area (TPSA) is 57.5 Å². The summed E-state index contributed by atoms with van der Waals surface area (Å²) < 4.78 is 12.1. The van der Waals surface area contributed by atoms with Gasteiger partial charge in [0.05, 0.1) is 23.5 Å². The Hall–Kier alpha value is -2.29. The van der Waals surface area contributed by atoms with Crippen molar-refractivity contribution < 1.29 is 9.47 Å². The van der Waals surface area contributed by atoms with Crippen LogP contribution in [0.1, 0.15) is 31.2 Å². The predicted octanol–water partition coefficient (Wildman–Crippen LogP) is 3.13. The smallest absolute Gasteiger partial charge is 0.129 e. The molecule has 0 aromatic heterocycles. The van der Waals surface area contributed by atoms with Gasteiger partial charge in [0, 0.05) is 32.2 Å². The minimum absolute atomic E-state index is 0.0344. The van der Waals surface area contributed by atoms with E-state index >= 15 is 0 Å². The highest BCUT2D eigenvalue weighted by Crippen LogP contribution is 2.34. The van der Waals surface area contributed by atoms with E-state index in [9.17, 15) is 5.26 Å². The van der Waals surface area contributed by atoms with Crippen LogP contribution in [0, 0.1) is 11.3 Å². The van der Waals surface area contributed by atoms with Crippen molar-refractivity contribution >= 4 is 5.69 Å². The Morgan fingerprint density at radius 2 is 2.12 bits per heavy atom. The quantitative estimate of drug-likeness (QED) is 0.907. The molecule has 0 radical (unpaired) electrons. The maximum absolute atomic E-state index is 9.53. The lowest BCUT2D eigenvalue weighted by Crippen LogP contribution is -2.55. The van der Waals surface area contributed by atoms with E-state index in [2.05, 4.69) is 28.4 Å². The average molecular weight is 351 g/mol. The molecule has 5 nitrogen and oxygen atoms in total. The first-order valence-electron chi connectivity index (χ1n) is 9.46.